The van der Waals surface area contributed by atoms with E-state index in [0.717, 1.165) is 28.8 Å². The molecular formula is C20H28IN3O3. The van der Waals surface area contributed by atoms with E-state index in [4.69, 9.17) is 14.2 Å². The molecule has 0 amide bonds. The number of halogens is 1. The van der Waals surface area contributed by atoms with Crippen molar-refractivity contribution in [3.05, 3.63) is 54.1 Å². The Hall–Kier alpha value is -2.16. The second kappa shape index (κ2) is 12.3. The number of para-hydroxylation sites is 1. The van der Waals surface area contributed by atoms with Gasteiger partial charge in [-0.1, -0.05) is 18.2 Å². The monoisotopic (exact) mass is 485 g/mol. The second-order valence-electron chi connectivity index (χ2n) is 5.66. The average Bonchev–Trinajstić information content (AvgIpc) is 2.69. The molecule has 0 aliphatic carbocycles. The Kier molecular flexibility index (Phi) is 10.4. The van der Waals surface area contributed by atoms with Crippen LogP contribution in [0.4, 0.5) is 0 Å². The van der Waals surface area contributed by atoms with Crippen LogP contribution in [-0.2, 0) is 6.54 Å². The van der Waals surface area contributed by atoms with Crippen LogP contribution in [0, 0.1) is 0 Å². The van der Waals surface area contributed by atoms with Crippen LogP contribution in [0.5, 0.6) is 17.2 Å². The standard InChI is InChI=1S/C20H27N3O3.HI/c1-21-20(23(2)12-13-26-17-8-6-5-7-9-17)22-15-16-10-11-18(24-3)14-19(16)25-4;/h5-11,14H,12-13,15H2,1-4H3,(H,21,22);1H. The number of hydrogen-bond donors (Lipinski definition) is 1. The number of nitrogens with one attached hydrogen (secondary N) is 1. The second-order valence-corrected chi connectivity index (χ2v) is 5.66. The van der Waals surface area contributed by atoms with Crippen LogP contribution >= 0.6 is 24.0 Å². The Morgan fingerprint density at radius 1 is 1.04 bits per heavy atom. The summed E-state index contributed by atoms with van der Waals surface area (Å²) in [5, 5.41) is 3.35. The highest BCUT2D eigenvalue weighted by Gasteiger charge is 2.09. The molecule has 0 saturated carbocycles. The fraction of sp³-hybridized carbons (Fsp3) is 0.350. The summed E-state index contributed by atoms with van der Waals surface area (Å²) in [5.41, 5.74) is 1.03. The van der Waals surface area contributed by atoms with Crippen molar-refractivity contribution in [2.45, 2.75) is 6.54 Å². The molecule has 0 spiro atoms. The van der Waals surface area contributed by atoms with Gasteiger partial charge in [-0.05, 0) is 24.3 Å². The molecule has 27 heavy (non-hydrogen) atoms. The van der Waals surface area contributed by atoms with Crippen LogP contribution in [0.1, 0.15) is 5.56 Å². The first-order valence-corrected chi connectivity index (χ1v) is 8.48. The van der Waals surface area contributed by atoms with Crippen molar-refractivity contribution in [2.75, 3.05) is 41.5 Å². The van der Waals surface area contributed by atoms with E-state index in [1.165, 1.54) is 0 Å². The van der Waals surface area contributed by atoms with Crippen LogP contribution < -0.4 is 19.5 Å². The van der Waals surface area contributed by atoms with Gasteiger partial charge in [-0.25, -0.2) is 0 Å². The van der Waals surface area contributed by atoms with Gasteiger partial charge in [0.05, 0.1) is 20.8 Å². The molecule has 0 unspecified atom stereocenters. The van der Waals surface area contributed by atoms with Crippen molar-refractivity contribution >= 4 is 29.9 Å². The molecule has 6 nitrogen and oxygen atoms in total. The third-order valence-electron chi connectivity index (χ3n) is 3.94. The zero-order valence-corrected chi connectivity index (χ0v) is 18.6. The lowest BCUT2D eigenvalue weighted by molar-refractivity contribution is 0.281. The van der Waals surface area contributed by atoms with E-state index >= 15 is 0 Å². The third kappa shape index (κ3) is 7.16. The first-order chi connectivity index (χ1) is 12.7. The fourth-order valence-electron chi connectivity index (χ4n) is 2.48. The first-order valence-electron chi connectivity index (χ1n) is 8.48. The molecule has 0 aliphatic heterocycles. The maximum atomic E-state index is 5.74. The molecule has 0 radical (unpaired) electrons. The van der Waals surface area contributed by atoms with Gasteiger partial charge in [0, 0.05) is 32.3 Å². The van der Waals surface area contributed by atoms with Crippen molar-refractivity contribution in [1.82, 2.24) is 10.2 Å². The number of nitrogens with zero attached hydrogens (tertiary/aromatic N) is 2. The molecule has 148 valence electrons. The smallest absolute Gasteiger partial charge is 0.193 e. The summed E-state index contributed by atoms with van der Waals surface area (Å²) < 4.78 is 16.4. The van der Waals surface area contributed by atoms with Crippen molar-refractivity contribution in [2.24, 2.45) is 4.99 Å². The number of guanidine groups is 1. The molecule has 2 aromatic rings. The van der Waals surface area contributed by atoms with Gasteiger partial charge < -0.3 is 24.4 Å². The van der Waals surface area contributed by atoms with Crippen LogP contribution in [0.3, 0.4) is 0 Å². The van der Waals surface area contributed by atoms with E-state index < -0.39 is 0 Å². The molecule has 0 aromatic heterocycles. The van der Waals surface area contributed by atoms with Gasteiger partial charge in [0.15, 0.2) is 5.96 Å². The molecule has 2 aromatic carbocycles. The maximum absolute atomic E-state index is 5.74. The minimum absolute atomic E-state index is 0. The van der Waals surface area contributed by atoms with E-state index in [9.17, 15) is 0 Å². The molecule has 7 heteroatoms. The predicted octanol–water partition coefficient (Wildman–Crippen LogP) is 3.41. The van der Waals surface area contributed by atoms with Gasteiger partial charge in [0.2, 0.25) is 0 Å². The normalized spacial score (nSPS) is 10.6. The zero-order valence-electron chi connectivity index (χ0n) is 16.3. The van der Waals surface area contributed by atoms with Crippen molar-refractivity contribution in [3.8, 4) is 17.2 Å². The van der Waals surface area contributed by atoms with E-state index in [2.05, 4.69) is 10.3 Å². The summed E-state index contributed by atoms with van der Waals surface area (Å²) in [6.45, 7) is 1.89. The summed E-state index contributed by atoms with van der Waals surface area (Å²) in [4.78, 5) is 6.36. The number of rotatable bonds is 8. The van der Waals surface area contributed by atoms with Gasteiger partial charge in [-0.3, -0.25) is 4.99 Å². The van der Waals surface area contributed by atoms with E-state index in [0.29, 0.717) is 19.7 Å². The first kappa shape index (κ1) is 22.9. The number of likely N-dealkylation sites (N-methyl/N-ethyl adjacent to an activating group) is 1. The zero-order chi connectivity index (χ0) is 18.8. The van der Waals surface area contributed by atoms with Crippen LogP contribution in [0.15, 0.2) is 53.5 Å². The summed E-state index contributed by atoms with van der Waals surface area (Å²) in [6.07, 6.45) is 0. The molecule has 0 fully saturated rings. The van der Waals surface area contributed by atoms with E-state index in [1.54, 1.807) is 21.3 Å². The topological polar surface area (TPSA) is 55.3 Å². The average molecular weight is 485 g/mol. The lowest BCUT2D eigenvalue weighted by Crippen LogP contribution is -2.40. The number of aliphatic imine (C=N–C) groups is 1. The largest absolute Gasteiger partial charge is 0.497 e. The molecule has 0 aliphatic rings. The highest BCUT2D eigenvalue weighted by atomic mass is 127. The van der Waals surface area contributed by atoms with Gasteiger partial charge in [-0.15, -0.1) is 24.0 Å². The molecule has 2 rings (SSSR count). The van der Waals surface area contributed by atoms with E-state index in [1.807, 2.05) is 60.5 Å². The lowest BCUT2D eigenvalue weighted by Gasteiger charge is -2.22. The summed E-state index contributed by atoms with van der Waals surface area (Å²) >= 11 is 0. The Labute approximate surface area is 178 Å². The Morgan fingerprint density at radius 2 is 1.78 bits per heavy atom. The molecule has 0 saturated heterocycles. The number of hydrogen-bond acceptors (Lipinski definition) is 4. The lowest BCUT2D eigenvalue weighted by atomic mass is 10.2. The SMILES string of the molecule is CN=C(NCc1ccc(OC)cc1OC)N(C)CCOc1ccccc1.I. The van der Waals surface area contributed by atoms with Crippen LogP contribution in [0.2, 0.25) is 0 Å². The highest BCUT2D eigenvalue weighted by Crippen LogP contribution is 2.24. The summed E-state index contributed by atoms with van der Waals surface area (Å²) in [6, 6.07) is 15.6. The van der Waals surface area contributed by atoms with Crippen molar-refractivity contribution in [1.29, 1.82) is 0 Å². The third-order valence-corrected chi connectivity index (χ3v) is 3.94. The fourth-order valence-corrected chi connectivity index (χ4v) is 2.48. The Morgan fingerprint density at radius 3 is 2.41 bits per heavy atom. The van der Waals surface area contributed by atoms with Crippen molar-refractivity contribution in [3.63, 3.8) is 0 Å². The van der Waals surface area contributed by atoms with Gasteiger partial charge >= 0.3 is 0 Å². The van der Waals surface area contributed by atoms with Crippen LogP contribution in [-0.4, -0.2) is 52.3 Å². The van der Waals surface area contributed by atoms with Gasteiger partial charge in [0.25, 0.3) is 0 Å². The molecule has 1 N–H and O–H groups in total. The quantitative estimate of drug-likeness (QED) is 0.353. The molecule has 0 heterocycles. The number of methoxy groups -OCH3 is 2. The van der Waals surface area contributed by atoms with E-state index in [-0.39, 0.29) is 24.0 Å². The molecule has 0 bridgehead atoms. The molecular weight excluding hydrogens is 457 g/mol. The van der Waals surface area contributed by atoms with Gasteiger partial charge in [0.1, 0.15) is 23.9 Å². The summed E-state index contributed by atoms with van der Waals surface area (Å²) in [5.74, 6) is 3.21. The van der Waals surface area contributed by atoms with Crippen LogP contribution in [0.25, 0.3) is 0 Å². The predicted molar refractivity (Wildman–Crippen MR) is 120 cm³/mol. The maximum Gasteiger partial charge on any atom is 0.193 e. The van der Waals surface area contributed by atoms with Crippen molar-refractivity contribution < 1.29 is 14.2 Å². The molecule has 0 atom stereocenters. The van der Waals surface area contributed by atoms with Gasteiger partial charge in [-0.2, -0.15) is 0 Å². The Bertz CT molecular complexity index is 711. The Balaban J connectivity index is 0.00000364. The minimum Gasteiger partial charge on any atom is -0.497 e. The summed E-state index contributed by atoms with van der Waals surface area (Å²) in [7, 11) is 7.04. The minimum atomic E-state index is 0. The number of benzene rings is 2. The number of ether oxygens (including phenoxy) is 3. The highest BCUT2D eigenvalue weighted by molar-refractivity contribution is 14.0.